The second-order valence-corrected chi connectivity index (χ2v) is 8.08. The molecule has 0 radical (unpaired) electrons. The van der Waals surface area contributed by atoms with E-state index in [0.717, 1.165) is 24.2 Å². The van der Waals surface area contributed by atoms with Crippen LogP contribution in [-0.4, -0.2) is 12.6 Å². The van der Waals surface area contributed by atoms with Gasteiger partial charge >= 0.3 is 0 Å². The van der Waals surface area contributed by atoms with Gasteiger partial charge in [-0.1, -0.05) is 73.6 Å². The molecule has 0 fully saturated rings. The van der Waals surface area contributed by atoms with Gasteiger partial charge < -0.3 is 4.74 Å². The molecule has 0 rings (SSSR count). The summed E-state index contributed by atoms with van der Waals surface area (Å²) in [7, 11) is 0. The van der Waals surface area contributed by atoms with Crippen molar-refractivity contribution in [2.75, 3.05) is 0 Å². The van der Waals surface area contributed by atoms with Crippen molar-refractivity contribution < 1.29 is 9.53 Å². The van der Waals surface area contributed by atoms with Crippen molar-refractivity contribution in [2.24, 2.45) is 23.7 Å². The summed E-state index contributed by atoms with van der Waals surface area (Å²) in [5.74, 6) is 2.78. The lowest BCUT2D eigenvalue weighted by Gasteiger charge is -2.24. The van der Waals surface area contributed by atoms with Crippen molar-refractivity contribution in [3.05, 3.63) is 0 Å². The minimum absolute atomic E-state index is 0.109. The van der Waals surface area contributed by atoms with Crippen molar-refractivity contribution in [2.45, 2.75) is 99.0 Å². The normalized spacial score (nSPS) is 15.8. The topological polar surface area (TPSA) is 26.3 Å². The van der Waals surface area contributed by atoms with Gasteiger partial charge in [-0.15, -0.1) is 0 Å². The summed E-state index contributed by atoms with van der Waals surface area (Å²) in [6.45, 7) is 14.3. The van der Waals surface area contributed by atoms with E-state index in [1.165, 1.54) is 44.9 Å². The lowest BCUT2D eigenvalue weighted by Crippen LogP contribution is -2.22. The first-order chi connectivity index (χ1) is 10.4. The molecular formula is C20H40O2. The van der Waals surface area contributed by atoms with Crippen LogP contribution in [0.1, 0.15) is 92.9 Å². The number of ether oxygens (including phenoxy) is 1. The Morgan fingerprint density at radius 3 is 1.77 bits per heavy atom. The zero-order chi connectivity index (χ0) is 17.0. The maximum atomic E-state index is 10.8. The Morgan fingerprint density at radius 2 is 1.27 bits per heavy atom. The van der Waals surface area contributed by atoms with E-state index in [9.17, 15) is 4.79 Å². The highest BCUT2D eigenvalue weighted by Gasteiger charge is 2.19. The number of rotatable bonds is 14. The molecule has 0 bridgehead atoms. The van der Waals surface area contributed by atoms with Crippen LogP contribution in [0.3, 0.4) is 0 Å². The summed E-state index contributed by atoms with van der Waals surface area (Å²) in [5.41, 5.74) is 0. The minimum atomic E-state index is 0.109. The second kappa shape index (κ2) is 13.0. The fourth-order valence-corrected chi connectivity index (χ4v) is 3.06. The summed E-state index contributed by atoms with van der Waals surface area (Å²) < 4.78 is 5.37. The molecule has 0 heterocycles. The fourth-order valence-electron chi connectivity index (χ4n) is 3.06. The third-order valence-corrected chi connectivity index (χ3v) is 4.73. The first-order valence-corrected chi connectivity index (χ1v) is 9.45. The van der Waals surface area contributed by atoms with Crippen molar-refractivity contribution in [1.29, 1.82) is 0 Å². The Hall–Kier alpha value is -0.530. The zero-order valence-electron chi connectivity index (χ0n) is 15.9. The maximum absolute atomic E-state index is 10.8. The van der Waals surface area contributed by atoms with Crippen LogP contribution < -0.4 is 0 Å². The van der Waals surface area contributed by atoms with Crippen LogP contribution in [0.2, 0.25) is 0 Å². The van der Waals surface area contributed by atoms with E-state index >= 15 is 0 Å². The van der Waals surface area contributed by atoms with Gasteiger partial charge in [-0.2, -0.15) is 0 Å². The monoisotopic (exact) mass is 312 g/mol. The zero-order valence-corrected chi connectivity index (χ0v) is 15.9. The molecule has 0 aromatic heterocycles. The Kier molecular flexibility index (Phi) is 12.6. The molecule has 2 nitrogen and oxygen atoms in total. The summed E-state index contributed by atoms with van der Waals surface area (Å²) in [6, 6.07) is 0. The Labute approximate surface area is 139 Å². The predicted molar refractivity (Wildman–Crippen MR) is 95.9 cm³/mol. The standard InChI is InChI=1S/C20H40O2/c1-16(2)9-7-11-18(5)13-14-20(22-15-21)19(6)12-8-10-17(3)4/h15-20H,7-14H2,1-6H3. The van der Waals surface area contributed by atoms with E-state index in [-0.39, 0.29) is 6.10 Å². The number of hydrogen-bond acceptors (Lipinski definition) is 2. The van der Waals surface area contributed by atoms with Crippen LogP contribution in [0.5, 0.6) is 0 Å². The molecule has 0 aliphatic rings. The first kappa shape index (κ1) is 21.5. The largest absolute Gasteiger partial charge is 0.464 e. The molecule has 2 heteroatoms. The van der Waals surface area contributed by atoms with Gasteiger partial charge in [0.15, 0.2) is 0 Å². The van der Waals surface area contributed by atoms with Gasteiger partial charge in [0.25, 0.3) is 6.47 Å². The molecule has 132 valence electrons. The third kappa shape index (κ3) is 12.1. The molecular weight excluding hydrogens is 272 g/mol. The molecule has 3 unspecified atom stereocenters. The quantitative estimate of drug-likeness (QED) is 0.355. The molecule has 3 atom stereocenters. The Balaban J connectivity index is 4.02. The molecule has 22 heavy (non-hydrogen) atoms. The second-order valence-electron chi connectivity index (χ2n) is 8.08. The molecule has 0 aromatic rings. The number of carbonyl (C=O) groups is 1. The van der Waals surface area contributed by atoms with Gasteiger partial charge in [0.05, 0.1) is 0 Å². The van der Waals surface area contributed by atoms with Crippen LogP contribution in [-0.2, 0) is 9.53 Å². The van der Waals surface area contributed by atoms with Crippen LogP contribution in [0, 0.1) is 23.7 Å². The van der Waals surface area contributed by atoms with Gasteiger partial charge in [-0.25, -0.2) is 0 Å². The Bertz CT molecular complexity index is 260. The molecule has 0 amide bonds. The lowest BCUT2D eigenvalue weighted by atomic mass is 9.89. The van der Waals surface area contributed by atoms with E-state index in [0.29, 0.717) is 12.4 Å². The van der Waals surface area contributed by atoms with Crippen molar-refractivity contribution >= 4 is 6.47 Å². The minimum Gasteiger partial charge on any atom is -0.464 e. The van der Waals surface area contributed by atoms with Crippen LogP contribution in [0.25, 0.3) is 0 Å². The van der Waals surface area contributed by atoms with Crippen molar-refractivity contribution in [3.63, 3.8) is 0 Å². The summed E-state index contributed by atoms with van der Waals surface area (Å²) in [6.07, 6.45) is 9.91. The molecule has 0 spiro atoms. The molecule has 0 N–H and O–H groups in total. The highest BCUT2D eigenvalue weighted by atomic mass is 16.5. The van der Waals surface area contributed by atoms with E-state index in [4.69, 9.17) is 4.74 Å². The fraction of sp³-hybridized carbons (Fsp3) is 0.950. The summed E-state index contributed by atoms with van der Waals surface area (Å²) in [4.78, 5) is 10.8. The molecule has 0 saturated carbocycles. The highest BCUT2D eigenvalue weighted by Crippen LogP contribution is 2.24. The molecule has 0 aliphatic carbocycles. The maximum Gasteiger partial charge on any atom is 0.293 e. The van der Waals surface area contributed by atoms with Gasteiger partial charge in [0, 0.05) is 0 Å². The van der Waals surface area contributed by atoms with Gasteiger partial charge in [0.1, 0.15) is 6.10 Å². The van der Waals surface area contributed by atoms with E-state index in [1.54, 1.807) is 0 Å². The van der Waals surface area contributed by atoms with E-state index < -0.39 is 0 Å². The van der Waals surface area contributed by atoms with E-state index in [1.807, 2.05) is 0 Å². The first-order valence-electron chi connectivity index (χ1n) is 9.45. The predicted octanol–water partition coefficient (Wildman–Crippen LogP) is 6.23. The van der Waals surface area contributed by atoms with Crippen LogP contribution in [0.4, 0.5) is 0 Å². The summed E-state index contributed by atoms with van der Waals surface area (Å²) in [5, 5.41) is 0. The smallest absolute Gasteiger partial charge is 0.293 e. The van der Waals surface area contributed by atoms with Gasteiger partial charge in [-0.05, 0) is 42.9 Å². The van der Waals surface area contributed by atoms with E-state index in [2.05, 4.69) is 41.5 Å². The number of carbonyl (C=O) groups excluding carboxylic acids is 1. The third-order valence-electron chi connectivity index (χ3n) is 4.73. The number of hydrogen-bond donors (Lipinski definition) is 0. The van der Waals surface area contributed by atoms with Crippen molar-refractivity contribution in [1.82, 2.24) is 0 Å². The van der Waals surface area contributed by atoms with Crippen LogP contribution in [0.15, 0.2) is 0 Å². The molecule has 0 saturated heterocycles. The summed E-state index contributed by atoms with van der Waals surface area (Å²) >= 11 is 0. The average molecular weight is 313 g/mol. The lowest BCUT2D eigenvalue weighted by molar-refractivity contribution is -0.136. The highest BCUT2D eigenvalue weighted by molar-refractivity contribution is 5.37. The van der Waals surface area contributed by atoms with Gasteiger partial charge in [0.2, 0.25) is 0 Å². The van der Waals surface area contributed by atoms with Crippen molar-refractivity contribution in [3.8, 4) is 0 Å². The SMILES string of the molecule is CC(C)CCCC(C)CCC(OC=O)C(C)CCCC(C)C. The molecule has 0 aromatic carbocycles. The van der Waals surface area contributed by atoms with Crippen LogP contribution >= 0.6 is 0 Å². The van der Waals surface area contributed by atoms with Gasteiger partial charge in [-0.3, -0.25) is 4.79 Å². The molecule has 0 aliphatic heterocycles. The Morgan fingerprint density at radius 1 is 0.727 bits per heavy atom. The average Bonchev–Trinajstić information content (AvgIpc) is 2.42.